The van der Waals surface area contributed by atoms with Gasteiger partial charge in [-0.3, -0.25) is 9.79 Å². The van der Waals surface area contributed by atoms with Gasteiger partial charge in [-0.1, -0.05) is 6.07 Å². The largest absolute Gasteiger partial charge is 0.491 e. The van der Waals surface area contributed by atoms with Crippen molar-refractivity contribution in [3.8, 4) is 5.75 Å². The number of aliphatic imine (C=N–C) groups is 1. The molecule has 3 N–H and O–H groups in total. The summed E-state index contributed by atoms with van der Waals surface area (Å²) >= 11 is 0. The molecule has 1 aromatic rings. The molecule has 1 amide bonds. The second kappa shape index (κ2) is 9.84. The third-order valence-electron chi connectivity index (χ3n) is 4.72. The van der Waals surface area contributed by atoms with Crippen molar-refractivity contribution in [1.29, 1.82) is 0 Å². The number of benzene rings is 1. The fourth-order valence-corrected chi connectivity index (χ4v) is 3.53. The van der Waals surface area contributed by atoms with Gasteiger partial charge in [-0.05, 0) is 50.3 Å². The number of hydrogen-bond acceptors (Lipinski definition) is 3. The Hall–Kier alpha value is -2.45. The Morgan fingerprint density at radius 2 is 2.14 bits per heavy atom. The number of guanidine groups is 1. The van der Waals surface area contributed by atoms with Crippen LogP contribution in [0.25, 0.3) is 0 Å². The van der Waals surface area contributed by atoms with Gasteiger partial charge in [0.05, 0.1) is 11.7 Å². The maximum absolute atomic E-state index is 13.5. The first-order valence-corrected chi connectivity index (χ1v) is 9.70. The smallest absolute Gasteiger partial charge is 0.416 e. The van der Waals surface area contributed by atoms with Crippen LogP contribution in [0.4, 0.5) is 13.2 Å². The monoisotopic (exact) mass is 414 g/mol. The molecule has 1 atom stereocenters. The van der Waals surface area contributed by atoms with Gasteiger partial charge in [-0.2, -0.15) is 13.2 Å². The molecule has 0 aliphatic carbocycles. The molecule has 2 rings (SSSR count). The van der Waals surface area contributed by atoms with Crippen LogP contribution in [0.1, 0.15) is 44.2 Å². The lowest BCUT2D eigenvalue weighted by atomic mass is 9.95. The standard InChI is InChI=1S/C20H29F3N4O2/c1-13(2)29-16-7-6-15(17(10-16)20(21,22)23)11-26-19(25-3)27-8-4-5-14(12-27)9-18(24)28/h6-7,10,13-14H,4-5,8-9,11-12H2,1-3H3,(H2,24,28)(H,25,26). The van der Waals surface area contributed by atoms with E-state index in [2.05, 4.69) is 10.3 Å². The molecule has 1 aliphatic heterocycles. The third-order valence-corrected chi connectivity index (χ3v) is 4.72. The Balaban J connectivity index is 2.11. The van der Waals surface area contributed by atoms with E-state index in [1.807, 2.05) is 4.90 Å². The Morgan fingerprint density at radius 3 is 2.72 bits per heavy atom. The SMILES string of the molecule is CN=C(NCc1ccc(OC(C)C)cc1C(F)(F)F)N1CCCC(CC(N)=O)C1. The van der Waals surface area contributed by atoms with Gasteiger partial charge in [0.25, 0.3) is 0 Å². The summed E-state index contributed by atoms with van der Waals surface area (Å²) in [5, 5.41) is 3.02. The van der Waals surface area contributed by atoms with Gasteiger partial charge in [0, 0.05) is 33.1 Å². The van der Waals surface area contributed by atoms with Crippen molar-refractivity contribution in [3.05, 3.63) is 29.3 Å². The van der Waals surface area contributed by atoms with E-state index in [1.54, 1.807) is 27.0 Å². The molecule has 1 unspecified atom stereocenters. The molecule has 6 nitrogen and oxygen atoms in total. The number of amides is 1. The fraction of sp³-hybridized carbons (Fsp3) is 0.600. The fourth-order valence-electron chi connectivity index (χ4n) is 3.53. The number of carbonyl (C=O) groups excluding carboxylic acids is 1. The number of halogens is 3. The van der Waals surface area contributed by atoms with E-state index in [4.69, 9.17) is 10.5 Å². The Bertz CT molecular complexity index is 735. The topological polar surface area (TPSA) is 80.0 Å². The Morgan fingerprint density at radius 1 is 1.41 bits per heavy atom. The van der Waals surface area contributed by atoms with E-state index in [-0.39, 0.29) is 35.8 Å². The highest BCUT2D eigenvalue weighted by molar-refractivity contribution is 5.80. The first-order valence-electron chi connectivity index (χ1n) is 9.70. The van der Waals surface area contributed by atoms with Gasteiger partial charge < -0.3 is 20.7 Å². The maximum Gasteiger partial charge on any atom is 0.416 e. The summed E-state index contributed by atoms with van der Waals surface area (Å²) in [4.78, 5) is 17.3. The van der Waals surface area contributed by atoms with Crippen LogP contribution in [0.15, 0.2) is 23.2 Å². The molecule has 29 heavy (non-hydrogen) atoms. The van der Waals surface area contributed by atoms with Crippen molar-refractivity contribution in [2.24, 2.45) is 16.6 Å². The number of ether oxygens (including phenoxy) is 1. The van der Waals surface area contributed by atoms with E-state index in [0.29, 0.717) is 18.9 Å². The molecular formula is C20H29F3N4O2. The van der Waals surface area contributed by atoms with E-state index >= 15 is 0 Å². The number of piperidine rings is 1. The quantitative estimate of drug-likeness (QED) is 0.554. The predicted octanol–water partition coefficient (Wildman–Crippen LogP) is 3.16. The molecular weight excluding hydrogens is 385 g/mol. The number of primary amides is 1. The van der Waals surface area contributed by atoms with Crippen molar-refractivity contribution in [2.45, 2.75) is 51.9 Å². The number of nitrogens with one attached hydrogen (secondary N) is 1. The van der Waals surface area contributed by atoms with Crippen LogP contribution in [-0.2, 0) is 17.5 Å². The van der Waals surface area contributed by atoms with E-state index in [0.717, 1.165) is 25.5 Å². The van der Waals surface area contributed by atoms with Crippen LogP contribution in [0.5, 0.6) is 5.75 Å². The molecule has 0 bridgehead atoms. The van der Waals surface area contributed by atoms with Crippen molar-refractivity contribution < 1.29 is 22.7 Å². The molecule has 0 aromatic heterocycles. The first kappa shape index (κ1) is 22.8. The molecule has 1 heterocycles. The zero-order chi connectivity index (χ0) is 21.6. The minimum atomic E-state index is -4.49. The summed E-state index contributed by atoms with van der Waals surface area (Å²) in [6.07, 6.45) is -2.65. The summed E-state index contributed by atoms with van der Waals surface area (Å²) in [7, 11) is 1.59. The van der Waals surface area contributed by atoms with Gasteiger partial charge in [-0.15, -0.1) is 0 Å². The van der Waals surface area contributed by atoms with Gasteiger partial charge in [-0.25, -0.2) is 0 Å². The number of rotatable bonds is 6. The summed E-state index contributed by atoms with van der Waals surface area (Å²) in [6, 6.07) is 4.00. The van der Waals surface area contributed by atoms with Crippen LogP contribution in [0.3, 0.4) is 0 Å². The molecule has 1 fully saturated rings. The molecule has 9 heteroatoms. The molecule has 0 spiro atoms. The zero-order valence-electron chi connectivity index (χ0n) is 17.1. The minimum Gasteiger partial charge on any atom is -0.491 e. The number of alkyl halides is 3. The van der Waals surface area contributed by atoms with Gasteiger partial charge in [0.2, 0.25) is 5.91 Å². The van der Waals surface area contributed by atoms with Crippen LogP contribution in [0, 0.1) is 5.92 Å². The molecule has 1 saturated heterocycles. The number of nitrogens with two attached hydrogens (primary N) is 1. The lowest BCUT2D eigenvalue weighted by Gasteiger charge is -2.34. The van der Waals surface area contributed by atoms with Crippen LogP contribution in [0.2, 0.25) is 0 Å². The van der Waals surface area contributed by atoms with Crippen molar-refractivity contribution in [3.63, 3.8) is 0 Å². The van der Waals surface area contributed by atoms with E-state index < -0.39 is 11.7 Å². The van der Waals surface area contributed by atoms with Crippen LogP contribution >= 0.6 is 0 Å². The summed E-state index contributed by atoms with van der Waals surface area (Å²) < 4.78 is 46.0. The minimum absolute atomic E-state index is 0.0273. The van der Waals surface area contributed by atoms with Crippen molar-refractivity contribution in [2.75, 3.05) is 20.1 Å². The second-order valence-corrected chi connectivity index (χ2v) is 7.51. The number of hydrogen-bond donors (Lipinski definition) is 2. The van der Waals surface area contributed by atoms with Crippen LogP contribution in [-0.4, -0.2) is 43.0 Å². The molecule has 0 saturated carbocycles. The predicted molar refractivity (Wildman–Crippen MR) is 106 cm³/mol. The Kier molecular flexibility index (Phi) is 7.75. The third kappa shape index (κ3) is 6.83. The zero-order valence-corrected chi connectivity index (χ0v) is 17.1. The van der Waals surface area contributed by atoms with Crippen molar-refractivity contribution >= 4 is 11.9 Å². The van der Waals surface area contributed by atoms with Crippen LogP contribution < -0.4 is 15.8 Å². The maximum atomic E-state index is 13.5. The van der Waals surface area contributed by atoms with E-state index in [1.165, 1.54) is 6.07 Å². The highest BCUT2D eigenvalue weighted by Crippen LogP contribution is 2.34. The Labute approximate surface area is 169 Å². The van der Waals surface area contributed by atoms with Gasteiger partial charge in [0.15, 0.2) is 5.96 Å². The molecule has 1 aliphatic rings. The lowest BCUT2D eigenvalue weighted by Crippen LogP contribution is -2.47. The highest BCUT2D eigenvalue weighted by Gasteiger charge is 2.34. The number of carbonyl (C=O) groups is 1. The van der Waals surface area contributed by atoms with Gasteiger partial charge in [0.1, 0.15) is 5.75 Å². The second-order valence-electron chi connectivity index (χ2n) is 7.51. The summed E-state index contributed by atoms with van der Waals surface area (Å²) in [5.74, 6) is 0.469. The molecule has 0 radical (unpaired) electrons. The van der Waals surface area contributed by atoms with Gasteiger partial charge >= 0.3 is 6.18 Å². The normalized spacial score (nSPS) is 18.1. The van der Waals surface area contributed by atoms with E-state index in [9.17, 15) is 18.0 Å². The summed E-state index contributed by atoms with van der Waals surface area (Å²) in [6.45, 7) is 4.81. The average molecular weight is 414 g/mol. The highest BCUT2D eigenvalue weighted by atomic mass is 19.4. The first-order chi connectivity index (χ1) is 13.6. The average Bonchev–Trinajstić information content (AvgIpc) is 2.61. The molecule has 1 aromatic carbocycles. The summed E-state index contributed by atoms with van der Waals surface area (Å²) in [5.41, 5.74) is 4.67. The number of likely N-dealkylation sites (tertiary alicyclic amines) is 1. The lowest BCUT2D eigenvalue weighted by molar-refractivity contribution is -0.138. The number of nitrogens with zero attached hydrogens (tertiary/aromatic N) is 2. The molecule has 162 valence electrons. The van der Waals surface area contributed by atoms with Crippen molar-refractivity contribution in [1.82, 2.24) is 10.2 Å².